The van der Waals surface area contributed by atoms with Gasteiger partial charge in [0.2, 0.25) is 5.88 Å². The summed E-state index contributed by atoms with van der Waals surface area (Å²) in [5.41, 5.74) is 7.39. The summed E-state index contributed by atoms with van der Waals surface area (Å²) in [5, 5.41) is 0. The third-order valence-electron chi connectivity index (χ3n) is 1.88. The minimum Gasteiger partial charge on any atom is -0.472 e. The highest BCUT2D eigenvalue weighted by Crippen LogP contribution is 2.09. The van der Waals surface area contributed by atoms with Crippen LogP contribution in [0.3, 0.4) is 0 Å². The van der Waals surface area contributed by atoms with Gasteiger partial charge in [0.1, 0.15) is 6.61 Å². The summed E-state index contributed by atoms with van der Waals surface area (Å²) in [4.78, 5) is 7.90. The maximum atomic E-state index is 5.64. The molecule has 76 valence electrons. The summed E-state index contributed by atoms with van der Waals surface area (Å²) < 4.78 is 5.42. The second-order valence-electron chi connectivity index (χ2n) is 3.08. The van der Waals surface area contributed by atoms with Crippen molar-refractivity contribution < 1.29 is 4.74 Å². The number of hydrogen-bond donors (Lipinski definition) is 1. The fraction of sp³-hybridized carbons (Fsp3) is 0.0909. The molecule has 2 aromatic rings. The molecule has 0 spiro atoms. The minimum atomic E-state index is 0.448. The largest absolute Gasteiger partial charge is 0.472 e. The molecule has 0 saturated carbocycles. The van der Waals surface area contributed by atoms with Crippen LogP contribution in [0.25, 0.3) is 0 Å². The Balaban J connectivity index is 1.99. The SMILES string of the molecule is Nc1cccc(COc2cnccn2)c1. The Bertz CT molecular complexity index is 431. The van der Waals surface area contributed by atoms with Crippen LogP contribution < -0.4 is 10.5 Å². The predicted octanol–water partition coefficient (Wildman–Crippen LogP) is 1.64. The Morgan fingerprint density at radius 1 is 1.27 bits per heavy atom. The molecule has 15 heavy (non-hydrogen) atoms. The first-order valence-corrected chi connectivity index (χ1v) is 4.58. The number of aromatic nitrogens is 2. The van der Waals surface area contributed by atoms with E-state index in [2.05, 4.69) is 9.97 Å². The Morgan fingerprint density at radius 2 is 2.20 bits per heavy atom. The maximum Gasteiger partial charge on any atom is 0.232 e. The van der Waals surface area contributed by atoms with Crippen LogP contribution in [0.2, 0.25) is 0 Å². The van der Waals surface area contributed by atoms with Crippen molar-refractivity contribution in [1.29, 1.82) is 0 Å². The van der Waals surface area contributed by atoms with E-state index < -0.39 is 0 Å². The molecule has 1 heterocycles. The number of nitrogen functional groups attached to an aromatic ring is 1. The number of anilines is 1. The zero-order chi connectivity index (χ0) is 10.5. The highest BCUT2D eigenvalue weighted by atomic mass is 16.5. The topological polar surface area (TPSA) is 61.0 Å². The third-order valence-corrected chi connectivity index (χ3v) is 1.88. The smallest absolute Gasteiger partial charge is 0.232 e. The van der Waals surface area contributed by atoms with Gasteiger partial charge < -0.3 is 10.5 Å². The first-order valence-electron chi connectivity index (χ1n) is 4.58. The average Bonchev–Trinajstić information content (AvgIpc) is 2.28. The fourth-order valence-corrected chi connectivity index (χ4v) is 1.20. The molecule has 0 atom stereocenters. The molecular weight excluding hydrogens is 190 g/mol. The first-order chi connectivity index (χ1) is 7.34. The molecule has 4 nitrogen and oxygen atoms in total. The van der Waals surface area contributed by atoms with Gasteiger partial charge in [-0.1, -0.05) is 12.1 Å². The number of nitrogens with zero attached hydrogens (tertiary/aromatic N) is 2. The van der Waals surface area contributed by atoms with Crippen LogP contribution in [-0.2, 0) is 6.61 Å². The quantitative estimate of drug-likeness (QED) is 0.767. The van der Waals surface area contributed by atoms with Crippen LogP contribution in [0.4, 0.5) is 5.69 Å². The molecule has 0 unspecified atom stereocenters. The molecular formula is C11H11N3O. The van der Waals surface area contributed by atoms with Gasteiger partial charge in [0, 0.05) is 18.1 Å². The molecule has 0 fully saturated rings. The Morgan fingerprint density at radius 3 is 2.93 bits per heavy atom. The monoisotopic (exact) mass is 201 g/mol. The van der Waals surface area contributed by atoms with Gasteiger partial charge in [0.05, 0.1) is 6.20 Å². The molecule has 0 aliphatic heterocycles. The normalized spacial score (nSPS) is 9.87. The van der Waals surface area contributed by atoms with Crippen molar-refractivity contribution in [2.75, 3.05) is 5.73 Å². The maximum absolute atomic E-state index is 5.64. The van der Waals surface area contributed by atoms with Gasteiger partial charge in [-0.3, -0.25) is 4.98 Å². The molecule has 1 aromatic carbocycles. The lowest BCUT2D eigenvalue weighted by Crippen LogP contribution is -1.98. The fourth-order valence-electron chi connectivity index (χ4n) is 1.20. The van der Waals surface area contributed by atoms with Crippen LogP contribution in [0, 0.1) is 0 Å². The summed E-state index contributed by atoms with van der Waals surface area (Å²) in [7, 11) is 0. The molecule has 0 aliphatic carbocycles. The van der Waals surface area contributed by atoms with Crippen molar-refractivity contribution >= 4 is 5.69 Å². The van der Waals surface area contributed by atoms with Crippen molar-refractivity contribution in [3.63, 3.8) is 0 Å². The van der Waals surface area contributed by atoms with Crippen molar-refractivity contribution in [2.45, 2.75) is 6.61 Å². The lowest BCUT2D eigenvalue weighted by molar-refractivity contribution is 0.292. The average molecular weight is 201 g/mol. The Kier molecular flexibility index (Phi) is 2.78. The highest BCUT2D eigenvalue weighted by molar-refractivity contribution is 5.40. The molecule has 0 amide bonds. The molecule has 2 N–H and O–H groups in total. The molecule has 0 aliphatic rings. The standard InChI is InChI=1S/C11H11N3O/c12-10-3-1-2-9(6-10)8-15-11-7-13-4-5-14-11/h1-7H,8,12H2. The zero-order valence-corrected chi connectivity index (χ0v) is 8.13. The molecule has 0 radical (unpaired) electrons. The predicted molar refractivity (Wildman–Crippen MR) is 57.2 cm³/mol. The van der Waals surface area contributed by atoms with E-state index >= 15 is 0 Å². The first kappa shape index (κ1) is 9.45. The van der Waals surface area contributed by atoms with Crippen molar-refractivity contribution in [2.24, 2.45) is 0 Å². The summed E-state index contributed by atoms with van der Waals surface area (Å²) in [6, 6.07) is 7.56. The van der Waals surface area contributed by atoms with E-state index in [-0.39, 0.29) is 0 Å². The van der Waals surface area contributed by atoms with Crippen LogP contribution >= 0.6 is 0 Å². The molecule has 0 saturated heterocycles. The summed E-state index contributed by atoms with van der Waals surface area (Å²) in [6.07, 6.45) is 4.77. The molecule has 0 bridgehead atoms. The molecule has 1 aromatic heterocycles. The van der Waals surface area contributed by atoms with Gasteiger partial charge in [-0.2, -0.15) is 0 Å². The molecule has 4 heteroatoms. The van der Waals surface area contributed by atoms with E-state index in [1.54, 1.807) is 18.6 Å². The van der Waals surface area contributed by atoms with Gasteiger partial charge in [-0.15, -0.1) is 0 Å². The second kappa shape index (κ2) is 4.41. The number of benzene rings is 1. The number of rotatable bonds is 3. The van der Waals surface area contributed by atoms with E-state index in [9.17, 15) is 0 Å². The van der Waals surface area contributed by atoms with E-state index in [0.717, 1.165) is 11.3 Å². The van der Waals surface area contributed by atoms with E-state index in [1.807, 2.05) is 24.3 Å². The van der Waals surface area contributed by atoms with Crippen LogP contribution in [0.5, 0.6) is 5.88 Å². The number of ether oxygens (including phenoxy) is 1. The Labute approximate surface area is 87.7 Å². The molecule has 2 rings (SSSR count). The third kappa shape index (κ3) is 2.67. The van der Waals surface area contributed by atoms with Crippen LogP contribution in [-0.4, -0.2) is 9.97 Å². The van der Waals surface area contributed by atoms with E-state index in [1.165, 1.54) is 0 Å². The van der Waals surface area contributed by atoms with Gasteiger partial charge in [-0.25, -0.2) is 4.98 Å². The number of hydrogen-bond acceptors (Lipinski definition) is 4. The van der Waals surface area contributed by atoms with Gasteiger partial charge in [0.25, 0.3) is 0 Å². The van der Waals surface area contributed by atoms with E-state index in [4.69, 9.17) is 10.5 Å². The van der Waals surface area contributed by atoms with Gasteiger partial charge in [-0.05, 0) is 17.7 Å². The van der Waals surface area contributed by atoms with Crippen molar-refractivity contribution in [3.05, 3.63) is 48.4 Å². The summed E-state index contributed by atoms with van der Waals surface area (Å²) in [6.45, 7) is 0.448. The Hall–Kier alpha value is -2.10. The number of nitrogens with two attached hydrogens (primary N) is 1. The zero-order valence-electron chi connectivity index (χ0n) is 8.13. The van der Waals surface area contributed by atoms with Crippen molar-refractivity contribution in [1.82, 2.24) is 9.97 Å². The van der Waals surface area contributed by atoms with E-state index in [0.29, 0.717) is 12.5 Å². The lowest BCUT2D eigenvalue weighted by Gasteiger charge is -2.04. The van der Waals surface area contributed by atoms with Gasteiger partial charge >= 0.3 is 0 Å². The second-order valence-corrected chi connectivity index (χ2v) is 3.08. The summed E-state index contributed by atoms with van der Waals surface area (Å²) >= 11 is 0. The van der Waals surface area contributed by atoms with Crippen LogP contribution in [0.15, 0.2) is 42.9 Å². The highest BCUT2D eigenvalue weighted by Gasteiger charge is 1.96. The van der Waals surface area contributed by atoms with Crippen molar-refractivity contribution in [3.8, 4) is 5.88 Å². The minimum absolute atomic E-state index is 0.448. The lowest BCUT2D eigenvalue weighted by atomic mass is 10.2. The van der Waals surface area contributed by atoms with Crippen LogP contribution in [0.1, 0.15) is 5.56 Å². The van der Waals surface area contributed by atoms with Gasteiger partial charge in [0.15, 0.2) is 0 Å². The summed E-state index contributed by atoms with van der Waals surface area (Å²) in [5.74, 6) is 0.514.